The van der Waals surface area contributed by atoms with E-state index in [0.717, 1.165) is 16.8 Å². The van der Waals surface area contributed by atoms with Crippen molar-refractivity contribution in [3.63, 3.8) is 0 Å². The standard InChI is InChI=1S/C16H15N3O2S/c1-19(2)14-6-4-3-5-11(14)15(22-21)16-17-12-8-7-10(20)9-13(12)18-16/h3-9,20H,1-2H3,(H,17,18). The maximum Gasteiger partial charge on any atom is 0.152 e. The minimum Gasteiger partial charge on any atom is -0.508 e. The molecule has 0 bridgehead atoms. The van der Waals surface area contributed by atoms with Gasteiger partial charge in [0.1, 0.15) is 21.9 Å². The fourth-order valence-corrected chi connectivity index (χ4v) is 2.81. The Labute approximate surface area is 131 Å². The largest absolute Gasteiger partial charge is 0.508 e. The number of phenolic OH excluding ortho intramolecular Hbond substituents is 1. The maximum atomic E-state index is 11.7. The Balaban J connectivity index is 2.17. The number of anilines is 1. The van der Waals surface area contributed by atoms with E-state index in [1.807, 2.05) is 43.3 Å². The Morgan fingerprint density at radius 2 is 2.00 bits per heavy atom. The molecule has 3 aromatic rings. The lowest BCUT2D eigenvalue weighted by Gasteiger charge is -2.16. The summed E-state index contributed by atoms with van der Waals surface area (Å²) in [7, 11) is 3.87. The third-order valence-corrected chi connectivity index (χ3v) is 3.98. The number of benzene rings is 2. The second kappa shape index (κ2) is 5.65. The zero-order valence-corrected chi connectivity index (χ0v) is 13.0. The Morgan fingerprint density at radius 1 is 1.23 bits per heavy atom. The van der Waals surface area contributed by atoms with Crippen LogP contribution in [0.3, 0.4) is 0 Å². The summed E-state index contributed by atoms with van der Waals surface area (Å²) >= 11 is 0.411. The van der Waals surface area contributed by atoms with Gasteiger partial charge in [-0.2, -0.15) is 0 Å². The summed E-state index contributed by atoms with van der Waals surface area (Å²) in [6.07, 6.45) is 0. The second-order valence-electron chi connectivity index (χ2n) is 5.11. The molecule has 1 aromatic heterocycles. The number of hydrogen-bond donors (Lipinski definition) is 2. The number of imidazole rings is 1. The molecule has 112 valence electrons. The molecule has 0 saturated carbocycles. The van der Waals surface area contributed by atoms with E-state index in [0.29, 0.717) is 27.5 Å². The normalized spacial score (nSPS) is 10.6. The van der Waals surface area contributed by atoms with E-state index in [2.05, 4.69) is 9.97 Å². The number of nitrogens with zero attached hydrogens (tertiary/aromatic N) is 2. The Kier molecular flexibility index (Phi) is 3.68. The van der Waals surface area contributed by atoms with Crippen molar-refractivity contribution in [1.29, 1.82) is 0 Å². The van der Waals surface area contributed by atoms with Crippen LogP contribution < -0.4 is 4.90 Å². The van der Waals surface area contributed by atoms with Crippen LogP contribution in [0.4, 0.5) is 5.69 Å². The van der Waals surface area contributed by atoms with Crippen LogP contribution in [0.2, 0.25) is 0 Å². The lowest BCUT2D eigenvalue weighted by atomic mass is 10.1. The highest BCUT2D eigenvalue weighted by molar-refractivity contribution is 7.67. The third-order valence-electron chi connectivity index (χ3n) is 3.40. The van der Waals surface area contributed by atoms with Crippen molar-refractivity contribution in [2.75, 3.05) is 19.0 Å². The van der Waals surface area contributed by atoms with Crippen LogP contribution in [0.25, 0.3) is 11.0 Å². The maximum absolute atomic E-state index is 11.7. The van der Waals surface area contributed by atoms with Gasteiger partial charge in [-0.05, 0) is 18.2 Å². The molecule has 0 saturated heterocycles. The van der Waals surface area contributed by atoms with Gasteiger partial charge in [-0.15, -0.1) is 0 Å². The minimum atomic E-state index is 0.149. The van der Waals surface area contributed by atoms with E-state index in [9.17, 15) is 9.32 Å². The van der Waals surface area contributed by atoms with Gasteiger partial charge < -0.3 is 15.0 Å². The van der Waals surface area contributed by atoms with Gasteiger partial charge >= 0.3 is 0 Å². The number of aromatic hydroxyl groups is 1. The van der Waals surface area contributed by atoms with Crippen LogP contribution in [0.1, 0.15) is 11.4 Å². The summed E-state index contributed by atoms with van der Waals surface area (Å²) in [5.41, 5.74) is 3.19. The van der Waals surface area contributed by atoms with Gasteiger partial charge in [0.2, 0.25) is 0 Å². The van der Waals surface area contributed by atoms with Crippen molar-refractivity contribution in [1.82, 2.24) is 9.97 Å². The summed E-state index contributed by atoms with van der Waals surface area (Å²) < 4.78 is 11.7. The Morgan fingerprint density at radius 3 is 2.73 bits per heavy atom. The molecule has 0 aliphatic rings. The van der Waals surface area contributed by atoms with Gasteiger partial charge in [-0.1, -0.05) is 18.2 Å². The van der Waals surface area contributed by atoms with Gasteiger partial charge in [0.05, 0.1) is 11.0 Å². The highest BCUT2D eigenvalue weighted by atomic mass is 32.1. The van der Waals surface area contributed by atoms with Gasteiger partial charge in [0.25, 0.3) is 0 Å². The smallest absolute Gasteiger partial charge is 0.152 e. The highest BCUT2D eigenvalue weighted by Gasteiger charge is 2.16. The zero-order valence-electron chi connectivity index (χ0n) is 12.2. The topological polar surface area (TPSA) is 69.2 Å². The molecule has 0 fully saturated rings. The van der Waals surface area contributed by atoms with Crippen LogP contribution in [-0.2, 0) is 11.3 Å². The van der Waals surface area contributed by atoms with Gasteiger partial charge in [-0.3, -0.25) is 0 Å². The van der Waals surface area contributed by atoms with Crippen LogP contribution >= 0.6 is 0 Å². The number of H-pyrrole nitrogens is 1. The van der Waals surface area contributed by atoms with Crippen molar-refractivity contribution < 1.29 is 9.32 Å². The Hall–Kier alpha value is -2.60. The molecule has 0 amide bonds. The van der Waals surface area contributed by atoms with E-state index in [-0.39, 0.29) is 5.75 Å². The molecule has 5 nitrogen and oxygen atoms in total. The number of para-hydroxylation sites is 1. The Bertz CT molecular complexity index is 895. The predicted octanol–water partition coefficient (Wildman–Crippen LogP) is 2.12. The van der Waals surface area contributed by atoms with Crippen molar-refractivity contribution in [3.05, 3.63) is 53.9 Å². The molecule has 0 spiro atoms. The van der Waals surface area contributed by atoms with Crippen LogP contribution in [0.5, 0.6) is 5.75 Å². The number of aromatic nitrogens is 2. The number of nitrogens with one attached hydrogen (secondary N) is 1. The van der Waals surface area contributed by atoms with Crippen LogP contribution in [-0.4, -0.2) is 38.2 Å². The third kappa shape index (κ3) is 2.48. The monoisotopic (exact) mass is 313 g/mol. The van der Waals surface area contributed by atoms with E-state index in [1.165, 1.54) is 0 Å². The molecular weight excluding hydrogens is 298 g/mol. The molecule has 1 heterocycles. The summed E-state index contributed by atoms with van der Waals surface area (Å²) in [6, 6.07) is 12.6. The first-order valence-electron chi connectivity index (χ1n) is 6.73. The molecule has 3 rings (SSSR count). The van der Waals surface area contributed by atoms with Crippen LogP contribution in [0.15, 0.2) is 42.5 Å². The van der Waals surface area contributed by atoms with Crippen molar-refractivity contribution in [3.8, 4) is 5.75 Å². The molecule has 0 aliphatic carbocycles. The van der Waals surface area contributed by atoms with Gasteiger partial charge in [0.15, 0.2) is 5.82 Å². The summed E-state index contributed by atoms with van der Waals surface area (Å²) in [5.74, 6) is 0.658. The SMILES string of the molecule is CN(C)c1ccccc1C(=S=O)c1nc2cc(O)ccc2[nH]1. The first-order valence-corrected chi connectivity index (χ1v) is 7.47. The van der Waals surface area contributed by atoms with Gasteiger partial charge in [-0.25, -0.2) is 9.19 Å². The molecule has 22 heavy (non-hydrogen) atoms. The number of aromatic amines is 1. The van der Waals surface area contributed by atoms with E-state index >= 15 is 0 Å². The molecule has 0 atom stereocenters. The number of hydrogen-bond acceptors (Lipinski definition) is 4. The quantitative estimate of drug-likeness (QED) is 0.574. The first-order chi connectivity index (χ1) is 10.6. The molecule has 0 aliphatic heterocycles. The molecule has 2 N–H and O–H groups in total. The average molecular weight is 313 g/mol. The lowest BCUT2D eigenvalue weighted by Crippen LogP contribution is -2.15. The van der Waals surface area contributed by atoms with E-state index in [4.69, 9.17) is 0 Å². The highest BCUT2D eigenvalue weighted by Crippen LogP contribution is 2.23. The van der Waals surface area contributed by atoms with Crippen molar-refractivity contribution in [2.24, 2.45) is 0 Å². The molecule has 6 heteroatoms. The first kappa shape index (κ1) is 14.3. The molecule has 0 radical (unpaired) electrons. The summed E-state index contributed by atoms with van der Waals surface area (Å²) in [5, 5.41) is 9.53. The van der Waals surface area contributed by atoms with Crippen molar-refractivity contribution in [2.45, 2.75) is 0 Å². The molecule has 2 aromatic carbocycles. The van der Waals surface area contributed by atoms with Gasteiger partial charge in [0, 0.05) is 31.4 Å². The van der Waals surface area contributed by atoms with Crippen molar-refractivity contribution >= 4 is 32.8 Å². The minimum absolute atomic E-state index is 0.149. The summed E-state index contributed by atoms with van der Waals surface area (Å²) in [6.45, 7) is 0. The predicted molar refractivity (Wildman–Crippen MR) is 89.9 cm³/mol. The van der Waals surface area contributed by atoms with Crippen LogP contribution in [0, 0.1) is 0 Å². The number of phenols is 1. The van der Waals surface area contributed by atoms with E-state index in [1.54, 1.807) is 18.2 Å². The fourth-order valence-electron chi connectivity index (χ4n) is 2.37. The molecule has 0 unspecified atom stereocenters. The summed E-state index contributed by atoms with van der Waals surface area (Å²) in [4.78, 5) is 10.1. The second-order valence-corrected chi connectivity index (χ2v) is 5.69. The number of fused-ring (bicyclic) bond motifs is 1. The van der Waals surface area contributed by atoms with E-state index < -0.39 is 0 Å². The average Bonchev–Trinajstić information content (AvgIpc) is 2.91. The molecular formula is C16H15N3O2S. The number of rotatable bonds is 3. The fraction of sp³-hybridized carbons (Fsp3) is 0.125. The zero-order chi connectivity index (χ0) is 15.7. The lowest BCUT2D eigenvalue weighted by molar-refractivity contribution is 0.476.